The lowest BCUT2D eigenvalue weighted by Gasteiger charge is -2.37. The maximum Gasteiger partial charge on any atom is 0.225 e. The SMILES string of the molecule is O=C(C1CCC1)N1CCCC(OCc2ccc(F)cc2)C1. The number of amides is 1. The van der Waals surface area contributed by atoms with Crippen LogP contribution in [-0.4, -0.2) is 30.0 Å². The van der Waals surface area contributed by atoms with Crippen molar-refractivity contribution in [2.75, 3.05) is 13.1 Å². The number of halogens is 1. The number of rotatable bonds is 4. The van der Waals surface area contributed by atoms with E-state index in [0.717, 1.165) is 37.8 Å². The van der Waals surface area contributed by atoms with Gasteiger partial charge in [-0.05, 0) is 43.4 Å². The summed E-state index contributed by atoms with van der Waals surface area (Å²) in [5.41, 5.74) is 0.971. The molecule has 2 aliphatic rings. The van der Waals surface area contributed by atoms with E-state index in [1.54, 1.807) is 12.1 Å². The minimum atomic E-state index is -0.228. The number of carbonyl (C=O) groups is 1. The average Bonchev–Trinajstić information content (AvgIpc) is 2.45. The van der Waals surface area contributed by atoms with E-state index >= 15 is 0 Å². The fraction of sp³-hybridized carbons (Fsp3) is 0.588. The van der Waals surface area contributed by atoms with Crippen molar-refractivity contribution in [2.45, 2.75) is 44.8 Å². The van der Waals surface area contributed by atoms with E-state index in [4.69, 9.17) is 4.74 Å². The van der Waals surface area contributed by atoms with Crippen molar-refractivity contribution >= 4 is 5.91 Å². The third kappa shape index (κ3) is 3.62. The first-order chi connectivity index (χ1) is 10.2. The average molecular weight is 291 g/mol. The molecule has 0 aromatic heterocycles. The largest absolute Gasteiger partial charge is 0.372 e. The fourth-order valence-electron chi connectivity index (χ4n) is 2.98. The number of carbonyl (C=O) groups excluding carboxylic acids is 1. The van der Waals surface area contributed by atoms with E-state index in [-0.39, 0.29) is 17.8 Å². The van der Waals surface area contributed by atoms with Crippen molar-refractivity contribution in [3.63, 3.8) is 0 Å². The Morgan fingerprint density at radius 3 is 2.62 bits per heavy atom. The second-order valence-corrected chi connectivity index (χ2v) is 6.11. The molecule has 114 valence electrons. The summed E-state index contributed by atoms with van der Waals surface area (Å²) >= 11 is 0. The summed E-state index contributed by atoms with van der Waals surface area (Å²) in [6.07, 6.45) is 5.40. The van der Waals surface area contributed by atoms with E-state index in [2.05, 4.69) is 0 Å². The summed E-state index contributed by atoms with van der Waals surface area (Å²) in [5.74, 6) is 0.353. The number of benzene rings is 1. The maximum atomic E-state index is 12.9. The van der Waals surface area contributed by atoms with Crippen LogP contribution in [0.25, 0.3) is 0 Å². The van der Waals surface area contributed by atoms with Crippen molar-refractivity contribution in [1.82, 2.24) is 4.90 Å². The molecule has 1 saturated heterocycles. The minimum absolute atomic E-state index is 0.104. The summed E-state index contributed by atoms with van der Waals surface area (Å²) < 4.78 is 18.8. The van der Waals surface area contributed by atoms with Crippen molar-refractivity contribution in [1.29, 1.82) is 0 Å². The van der Waals surface area contributed by atoms with E-state index in [1.807, 2.05) is 4.90 Å². The first-order valence-corrected chi connectivity index (χ1v) is 7.87. The van der Waals surface area contributed by atoms with Crippen molar-refractivity contribution < 1.29 is 13.9 Å². The van der Waals surface area contributed by atoms with Crippen LogP contribution in [0.4, 0.5) is 4.39 Å². The van der Waals surface area contributed by atoms with Gasteiger partial charge in [-0.2, -0.15) is 0 Å². The molecule has 1 heterocycles. The molecule has 3 rings (SSSR count). The molecular formula is C17H22FNO2. The smallest absolute Gasteiger partial charge is 0.225 e. The molecule has 0 radical (unpaired) electrons. The molecule has 1 saturated carbocycles. The normalized spacial score (nSPS) is 22.9. The molecule has 1 aliphatic heterocycles. The number of ether oxygens (including phenoxy) is 1. The number of nitrogens with zero attached hydrogens (tertiary/aromatic N) is 1. The number of piperidine rings is 1. The van der Waals surface area contributed by atoms with Crippen LogP contribution in [0.3, 0.4) is 0 Å². The van der Waals surface area contributed by atoms with Crippen LogP contribution in [0, 0.1) is 11.7 Å². The van der Waals surface area contributed by atoms with Gasteiger partial charge in [0.1, 0.15) is 5.82 Å². The highest BCUT2D eigenvalue weighted by Crippen LogP contribution is 2.29. The predicted octanol–water partition coefficient (Wildman–Crippen LogP) is 3.13. The molecular weight excluding hydrogens is 269 g/mol. The van der Waals surface area contributed by atoms with Gasteiger partial charge in [0.25, 0.3) is 0 Å². The third-order valence-electron chi connectivity index (χ3n) is 4.54. The lowest BCUT2D eigenvalue weighted by molar-refractivity contribution is -0.142. The first-order valence-electron chi connectivity index (χ1n) is 7.87. The molecule has 4 heteroatoms. The molecule has 21 heavy (non-hydrogen) atoms. The van der Waals surface area contributed by atoms with Crippen LogP contribution in [0.15, 0.2) is 24.3 Å². The van der Waals surface area contributed by atoms with Crippen LogP contribution in [0.5, 0.6) is 0 Å². The molecule has 0 bridgehead atoms. The summed E-state index contributed by atoms with van der Waals surface area (Å²) in [7, 11) is 0. The van der Waals surface area contributed by atoms with Crippen LogP contribution in [-0.2, 0) is 16.1 Å². The standard InChI is InChI=1S/C17H22FNO2/c18-15-8-6-13(7-9-15)12-21-16-5-2-10-19(11-16)17(20)14-3-1-4-14/h6-9,14,16H,1-5,10-12H2. The van der Waals surface area contributed by atoms with Crippen LogP contribution in [0.2, 0.25) is 0 Å². The summed E-state index contributed by atoms with van der Waals surface area (Å²) in [6.45, 7) is 2.05. The zero-order valence-corrected chi connectivity index (χ0v) is 12.3. The molecule has 3 nitrogen and oxygen atoms in total. The van der Waals surface area contributed by atoms with E-state index in [9.17, 15) is 9.18 Å². The van der Waals surface area contributed by atoms with Gasteiger partial charge in [0, 0.05) is 19.0 Å². The van der Waals surface area contributed by atoms with Crippen molar-refractivity contribution in [3.05, 3.63) is 35.6 Å². The molecule has 0 spiro atoms. The highest BCUT2D eigenvalue weighted by molar-refractivity contribution is 5.79. The number of likely N-dealkylation sites (tertiary alicyclic amines) is 1. The molecule has 1 aromatic carbocycles. The monoisotopic (exact) mass is 291 g/mol. The van der Waals surface area contributed by atoms with Gasteiger partial charge in [-0.25, -0.2) is 4.39 Å². The highest BCUT2D eigenvalue weighted by Gasteiger charge is 2.32. The quantitative estimate of drug-likeness (QED) is 0.853. The lowest BCUT2D eigenvalue weighted by Crippen LogP contribution is -2.46. The van der Waals surface area contributed by atoms with Gasteiger partial charge < -0.3 is 9.64 Å². The molecule has 1 aromatic rings. The van der Waals surface area contributed by atoms with E-state index in [0.29, 0.717) is 19.1 Å². The van der Waals surface area contributed by atoms with Crippen LogP contribution in [0.1, 0.15) is 37.7 Å². The molecule has 2 fully saturated rings. The predicted molar refractivity (Wildman–Crippen MR) is 78.1 cm³/mol. The Labute approximate surface area is 125 Å². The van der Waals surface area contributed by atoms with Gasteiger partial charge in [0.2, 0.25) is 5.91 Å². The topological polar surface area (TPSA) is 29.5 Å². The van der Waals surface area contributed by atoms with Crippen molar-refractivity contribution in [2.24, 2.45) is 5.92 Å². The molecule has 1 unspecified atom stereocenters. The fourth-order valence-corrected chi connectivity index (χ4v) is 2.98. The van der Waals surface area contributed by atoms with E-state index < -0.39 is 0 Å². The third-order valence-corrected chi connectivity index (χ3v) is 4.54. The van der Waals surface area contributed by atoms with E-state index in [1.165, 1.54) is 18.6 Å². The second kappa shape index (κ2) is 6.56. The Kier molecular flexibility index (Phi) is 4.54. The Hall–Kier alpha value is -1.42. The zero-order chi connectivity index (χ0) is 14.7. The van der Waals surface area contributed by atoms with Crippen LogP contribution < -0.4 is 0 Å². The number of hydrogen-bond acceptors (Lipinski definition) is 2. The van der Waals surface area contributed by atoms with Crippen molar-refractivity contribution in [3.8, 4) is 0 Å². The second-order valence-electron chi connectivity index (χ2n) is 6.11. The van der Waals surface area contributed by atoms with Gasteiger partial charge in [-0.15, -0.1) is 0 Å². The van der Waals surface area contributed by atoms with Crippen LogP contribution >= 0.6 is 0 Å². The lowest BCUT2D eigenvalue weighted by atomic mass is 9.84. The summed E-state index contributed by atoms with van der Waals surface area (Å²) in [5, 5.41) is 0. The van der Waals surface area contributed by atoms with Gasteiger partial charge in [0.05, 0.1) is 12.7 Å². The Morgan fingerprint density at radius 2 is 1.95 bits per heavy atom. The maximum absolute atomic E-state index is 12.9. The molecule has 0 N–H and O–H groups in total. The highest BCUT2D eigenvalue weighted by atomic mass is 19.1. The minimum Gasteiger partial charge on any atom is -0.372 e. The Balaban J connectivity index is 1.49. The molecule has 1 aliphatic carbocycles. The number of hydrogen-bond donors (Lipinski definition) is 0. The van der Waals surface area contributed by atoms with Gasteiger partial charge in [-0.1, -0.05) is 18.6 Å². The Morgan fingerprint density at radius 1 is 1.19 bits per heavy atom. The Bertz CT molecular complexity index is 484. The zero-order valence-electron chi connectivity index (χ0n) is 12.3. The van der Waals surface area contributed by atoms with Gasteiger partial charge in [-0.3, -0.25) is 4.79 Å². The summed E-state index contributed by atoms with van der Waals surface area (Å²) in [6, 6.07) is 6.39. The van der Waals surface area contributed by atoms with Gasteiger partial charge >= 0.3 is 0 Å². The molecule has 1 atom stereocenters. The first kappa shape index (κ1) is 14.5. The summed E-state index contributed by atoms with van der Waals surface area (Å²) in [4.78, 5) is 14.2. The van der Waals surface area contributed by atoms with Gasteiger partial charge in [0.15, 0.2) is 0 Å². The molecule has 1 amide bonds.